The van der Waals surface area contributed by atoms with Gasteiger partial charge in [0.1, 0.15) is 0 Å². The molecule has 0 aromatic heterocycles. The van der Waals surface area contributed by atoms with E-state index >= 15 is 0 Å². The molecular formula is C15H26N2O. The monoisotopic (exact) mass is 250 g/mol. The highest BCUT2D eigenvalue weighted by atomic mass is 16.2. The molecule has 0 bridgehead atoms. The van der Waals surface area contributed by atoms with Crippen LogP contribution in [0.2, 0.25) is 0 Å². The third kappa shape index (κ3) is 1.63. The number of nitrogens with one attached hydrogen (secondary N) is 1. The van der Waals surface area contributed by atoms with Crippen molar-refractivity contribution in [2.45, 2.75) is 83.5 Å². The molecule has 1 N–H and O–H groups in total. The van der Waals surface area contributed by atoms with Crippen LogP contribution in [0.4, 0.5) is 0 Å². The fraction of sp³-hybridized carbons (Fsp3) is 0.933. The molecule has 2 aliphatic carbocycles. The highest BCUT2D eigenvalue weighted by molar-refractivity contribution is 5.89. The Hall–Kier alpha value is -0.570. The van der Waals surface area contributed by atoms with Gasteiger partial charge in [0.2, 0.25) is 5.91 Å². The van der Waals surface area contributed by atoms with E-state index in [1.807, 2.05) is 0 Å². The number of nitrogens with zero attached hydrogens (tertiary/aromatic N) is 1. The zero-order chi connectivity index (χ0) is 13.0. The van der Waals surface area contributed by atoms with Crippen LogP contribution in [0.25, 0.3) is 0 Å². The van der Waals surface area contributed by atoms with Gasteiger partial charge in [0.05, 0.1) is 11.7 Å². The lowest BCUT2D eigenvalue weighted by atomic mass is 9.85. The van der Waals surface area contributed by atoms with Crippen LogP contribution in [0.3, 0.4) is 0 Å². The van der Waals surface area contributed by atoms with E-state index in [0.29, 0.717) is 11.9 Å². The SMILES string of the molecule is CC1NC2(CCCC2)C(=O)N1C1CCCC1(C)C. The molecule has 0 radical (unpaired) electrons. The first-order valence-corrected chi connectivity index (χ1v) is 7.57. The van der Waals surface area contributed by atoms with Crippen molar-refractivity contribution < 1.29 is 4.79 Å². The van der Waals surface area contributed by atoms with Gasteiger partial charge in [0.15, 0.2) is 0 Å². The minimum absolute atomic E-state index is 0.196. The molecule has 3 aliphatic rings. The van der Waals surface area contributed by atoms with E-state index in [9.17, 15) is 4.79 Å². The van der Waals surface area contributed by atoms with Crippen molar-refractivity contribution in [2.75, 3.05) is 0 Å². The fourth-order valence-electron chi connectivity index (χ4n) is 4.53. The Bertz CT molecular complexity index is 358. The van der Waals surface area contributed by atoms with E-state index in [2.05, 4.69) is 31.0 Å². The lowest BCUT2D eigenvalue weighted by Gasteiger charge is -2.37. The largest absolute Gasteiger partial charge is 0.322 e. The van der Waals surface area contributed by atoms with Crippen molar-refractivity contribution in [3.05, 3.63) is 0 Å². The van der Waals surface area contributed by atoms with E-state index in [1.165, 1.54) is 32.1 Å². The molecule has 1 saturated heterocycles. The van der Waals surface area contributed by atoms with Crippen molar-refractivity contribution in [2.24, 2.45) is 5.41 Å². The van der Waals surface area contributed by atoms with Crippen LogP contribution >= 0.6 is 0 Å². The van der Waals surface area contributed by atoms with Crippen LogP contribution in [-0.4, -0.2) is 28.6 Å². The molecule has 102 valence electrons. The van der Waals surface area contributed by atoms with Crippen molar-refractivity contribution in [3.8, 4) is 0 Å². The van der Waals surface area contributed by atoms with Gasteiger partial charge in [-0.05, 0) is 38.0 Å². The van der Waals surface area contributed by atoms with Crippen LogP contribution in [-0.2, 0) is 4.79 Å². The normalized spacial score (nSPS) is 37.9. The molecule has 18 heavy (non-hydrogen) atoms. The van der Waals surface area contributed by atoms with E-state index in [-0.39, 0.29) is 17.1 Å². The maximum Gasteiger partial charge on any atom is 0.244 e. The van der Waals surface area contributed by atoms with Crippen molar-refractivity contribution >= 4 is 5.91 Å². The first kappa shape index (κ1) is 12.5. The highest BCUT2D eigenvalue weighted by Gasteiger charge is 2.55. The Morgan fingerprint density at radius 3 is 2.39 bits per heavy atom. The highest BCUT2D eigenvalue weighted by Crippen LogP contribution is 2.45. The second-order valence-electron chi connectivity index (χ2n) is 7.22. The van der Waals surface area contributed by atoms with Gasteiger partial charge < -0.3 is 4.90 Å². The van der Waals surface area contributed by atoms with Crippen LogP contribution in [0, 0.1) is 5.41 Å². The zero-order valence-electron chi connectivity index (χ0n) is 12.0. The maximum absolute atomic E-state index is 12.9. The van der Waals surface area contributed by atoms with Crippen LogP contribution in [0.15, 0.2) is 0 Å². The molecule has 1 spiro atoms. The van der Waals surface area contributed by atoms with E-state index < -0.39 is 0 Å². The van der Waals surface area contributed by atoms with Gasteiger partial charge >= 0.3 is 0 Å². The van der Waals surface area contributed by atoms with Crippen LogP contribution < -0.4 is 5.32 Å². The Labute approximate surface area is 110 Å². The molecule has 1 aliphatic heterocycles. The Morgan fingerprint density at radius 2 is 1.83 bits per heavy atom. The van der Waals surface area contributed by atoms with Gasteiger partial charge in [0, 0.05) is 6.04 Å². The van der Waals surface area contributed by atoms with Gasteiger partial charge in [-0.25, -0.2) is 0 Å². The van der Waals surface area contributed by atoms with Crippen molar-refractivity contribution in [3.63, 3.8) is 0 Å². The summed E-state index contributed by atoms with van der Waals surface area (Å²) in [6.45, 7) is 6.81. The summed E-state index contributed by atoms with van der Waals surface area (Å²) in [6.07, 6.45) is 8.40. The summed E-state index contributed by atoms with van der Waals surface area (Å²) in [7, 11) is 0. The Morgan fingerprint density at radius 1 is 1.17 bits per heavy atom. The van der Waals surface area contributed by atoms with Crippen LogP contribution in [0.1, 0.15) is 65.7 Å². The minimum Gasteiger partial charge on any atom is -0.322 e. The average Bonchev–Trinajstić information content (AvgIpc) is 2.92. The number of carbonyl (C=O) groups excluding carboxylic acids is 1. The number of hydrogen-bond donors (Lipinski definition) is 1. The second-order valence-corrected chi connectivity index (χ2v) is 7.22. The Kier molecular flexibility index (Phi) is 2.74. The molecule has 2 saturated carbocycles. The quantitative estimate of drug-likeness (QED) is 0.776. The fourth-order valence-corrected chi connectivity index (χ4v) is 4.53. The molecule has 3 fully saturated rings. The van der Waals surface area contributed by atoms with Gasteiger partial charge in [-0.15, -0.1) is 0 Å². The number of rotatable bonds is 1. The summed E-state index contributed by atoms with van der Waals surface area (Å²) >= 11 is 0. The molecule has 3 heteroatoms. The average molecular weight is 250 g/mol. The smallest absolute Gasteiger partial charge is 0.244 e. The predicted molar refractivity (Wildman–Crippen MR) is 72.1 cm³/mol. The van der Waals surface area contributed by atoms with Gasteiger partial charge in [-0.1, -0.05) is 33.1 Å². The summed E-state index contributed by atoms with van der Waals surface area (Å²) < 4.78 is 0. The predicted octanol–water partition coefficient (Wildman–Crippen LogP) is 2.66. The topological polar surface area (TPSA) is 32.3 Å². The number of hydrogen-bond acceptors (Lipinski definition) is 2. The third-order valence-electron chi connectivity index (χ3n) is 5.54. The molecule has 2 atom stereocenters. The third-order valence-corrected chi connectivity index (χ3v) is 5.54. The molecule has 1 heterocycles. The molecule has 1 amide bonds. The zero-order valence-corrected chi connectivity index (χ0v) is 12.0. The van der Waals surface area contributed by atoms with E-state index in [0.717, 1.165) is 12.8 Å². The van der Waals surface area contributed by atoms with Crippen molar-refractivity contribution in [1.82, 2.24) is 10.2 Å². The number of amides is 1. The molecule has 0 aromatic carbocycles. The standard InChI is InChI=1S/C15H26N2O/c1-11-16-15(9-4-5-10-15)13(18)17(11)12-7-6-8-14(12,2)3/h11-12,16H,4-10H2,1-3H3. The molecule has 0 aromatic rings. The minimum atomic E-state index is -0.196. The summed E-state index contributed by atoms with van der Waals surface area (Å²) in [4.78, 5) is 15.1. The van der Waals surface area contributed by atoms with Crippen molar-refractivity contribution in [1.29, 1.82) is 0 Å². The first-order valence-electron chi connectivity index (χ1n) is 7.57. The van der Waals surface area contributed by atoms with Gasteiger partial charge in [-0.3, -0.25) is 10.1 Å². The second kappa shape index (κ2) is 3.96. The maximum atomic E-state index is 12.9. The lowest BCUT2D eigenvalue weighted by Crippen LogP contribution is -2.48. The van der Waals surface area contributed by atoms with Gasteiger partial charge in [0.25, 0.3) is 0 Å². The summed E-state index contributed by atoms with van der Waals surface area (Å²) in [5.74, 6) is 0.396. The molecular weight excluding hydrogens is 224 g/mol. The molecule has 2 unspecified atom stereocenters. The Balaban J connectivity index is 1.87. The summed E-state index contributed by atoms with van der Waals surface area (Å²) in [5.41, 5.74) is 0.0911. The summed E-state index contributed by atoms with van der Waals surface area (Å²) in [5, 5.41) is 3.62. The van der Waals surface area contributed by atoms with Crippen LogP contribution in [0.5, 0.6) is 0 Å². The summed E-state index contributed by atoms with van der Waals surface area (Å²) in [6, 6.07) is 0.437. The van der Waals surface area contributed by atoms with E-state index in [1.54, 1.807) is 0 Å². The molecule has 3 rings (SSSR count). The number of carbonyl (C=O) groups is 1. The first-order chi connectivity index (χ1) is 8.46. The van der Waals surface area contributed by atoms with E-state index in [4.69, 9.17) is 0 Å². The van der Waals surface area contributed by atoms with Gasteiger partial charge in [-0.2, -0.15) is 0 Å². The molecule has 3 nitrogen and oxygen atoms in total. The lowest BCUT2D eigenvalue weighted by molar-refractivity contribution is -0.137.